The van der Waals surface area contributed by atoms with Crippen LogP contribution in [-0.4, -0.2) is 14.2 Å². The molecule has 0 bridgehead atoms. The first-order valence-electron chi connectivity index (χ1n) is 9.04. The summed E-state index contributed by atoms with van der Waals surface area (Å²) in [5, 5.41) is 4.55. The van der Waals surface area contributed by atoms with E-state index in [0.29, 0.717) is 0 Å². The Labute approximate surface area is 164 Å². The molecule has 0 fully saturated rings. The Bertz CT molecular complexity index is 1100. The fraction of sp³-hybridized carbons (Fsp3) is 0.0833. The van der Waals surface area contributed by atoms with Crippen LogP contribution in [0.3, 0.4) is 0 Å². The zero-order valence-electron chi connectivity index (χ0n) is 15.8. The summed E-state index contributed by atoms with van der Waals surface area (Å²) in [5.74, 6) is 1.48. The Balaban J connectivity index is 1.94. The molecule has 0 aliphatic heterocycles. The predicted octanol–water partition coefficient (Wildman–Crippen LogP) is 4.50. The number of ether oxygens (including phenoxy) is 2. The number of hydrogen-bond donors (Lipinski definition) is 0. The van der Waals surface area contributed by atoms with Crippen molar-refractivity contribution < 1.29 is 14.0 Å². The SMILES string of the molecule is COc1ccc(P(=O)(c2ccc(OC)cc2)c2ccc3ccccc3c2)cc1. The van der Waals surface area contributed by atoms with Gasteiger partial charge in [-0.1, -0.05) is 36.4 Å². The first kappa shape index (κ1) is 18.3. The van der Waals surface area contributed by atoms with Gasteiger partial charge in [-0.15, -0.1) is 0 Å². The van der Waals surface area contributed by atoms with Crippen LogP contribution in [0.15, 0.2) is 91.0 Å². The van der Waals surface area contributed by atoms with Crippen molar-refractivity contribution in [2.24, 2.45) is 0 Å². The standard InChI is InChI=1S/C24H21O3P/c1-26-20-8-13-22(14-9-20)28(25,23-15-10-21(27-2)11-16-23)24-12-7-18-5-3-4-6-19(18)17-24/h3-17H,1-2H3. The van der Waals surface area contributed by atoms with Gasteiger partial charge in [0.05, 0.1) is 14.2 Å². The molecule has 28 heavy (non-hydrogen) atoms. The van der Waals surface area contributed by atoms with Gasteiger partial charge in [-0.05, 0) is 65.4 Å². The maximum Gasteiger partial charge on any atom is 0.171 e. The van der Waals surface area contributed by atoms with Crippen molar-refractivity contribution in [3.8, 4) is 11.5 Å². The van der Waals surface area contributed by atoms with Gasteiger partial charge in [-0.3, -0.25) is 0 Å². The Morgan fingerprint density at radius 2 is 1.04 bits per heavy atom. The third kappa shape index (κ3) is 3.19. The molecule has 0 amide bonds. The lowest BCUT2D eigenvalue weighted by atomic mass is 10.1. The molecule has 140 valence electrons. The molecule has 4 aromatic rings. The minimum absolute atomic E-state index is 0.739. The fourth-order valence-corrected chi connectivity index (χ4v) is 6.04. The molecule has 0 N–H and O–H groups in total. The number of hydrogen-bond acceptors (Lipinski definition) is 3. The van der Waals surface area contributed by atoms with E-state index in [1.807, 2.05) is 84.9 Å². The second-order valence-corrected chi connectivity index (χ2v) is 9.30. The van der Waals surface area contributed by atoms with Crippen LogP contribution in [0.25, 0.3) is 10.8 Å². The van der Waals surface area contributed by atoms with Crippen LogP contribution in [0.5, 0.6) is 11.5 Å². The lowest BCUT2D eigenvalue weighted by Gasteiger charge is -2.21. The second-order valence-electron chi connectivity index (χ2n) is 6.54. The van der Waals surface area contributed by atoms with Crippen LogP contribution in [0, 0.1) is 0 Å². The van der Waals surface area contributed by atoms with E-state index in [2.05, 4.69) is 6.07 Å². The number of fused-ring (bicyclic) bond motifs is 1. The average molecular weight is 388 g/mol. The summed E-state index contributed by atoms with van der Waals surface area (Å²) in [6.45, 7) is 0. The van der Waals surface area contributed by atoms with Crippen molar-refractivity contribution in [3.05, 3.63) is 91.0 Å². The van der Waals surface area contributed by atoms with Crippen molar-refractivity contribution in [1.82, 2.24) is 0 Å². The highest BCUT2D eigenvalue weighted by Gasteiger charge is 2.30. The third-order valence-corrected chi connectivity index (χ3v) is 8.02. The first-order chi connectivity index (χ1) is 13.6. The molecule has 3 nitrogen and oxygen atoms in total. The third-order valence-electron chi connectivity index (χ3n) is 4.97. The van der Waals surface area contributed by atoms with Gasteiger partial charge in [-0.2, -0.15) is 0 Å². The van der Waals surface area contributed by atoms with Gasteiger partial charge in [0.2, 0.25) is 0 Å². The molecule has 0 saturated heterocycles. The fourth-order valence-electron chi connectivity index (χ4n) is 3.40. The molecule has 0 aromatic heterocycles. The topological polar surface area (TPSA) is 35.5 Å². The number of benzene rings is 4. The Kier molecular flexibility index (Phi) is 4.93. The van der Waals surface area contributed by atoms with Crippen molar-refractivity contribution in [2.45, 2.75) is 0 Å². The molecule has 4 rings (SSSR count). The van der Waals surface area contributed by atoms with Gasteiger partial charge in [0.1, 0.15) is 11.5 Å². The van der Waals surface area contributed by atoms with Gasteiger partial charge in [-0.25, -0.2) is 0 Å². The maximum atomic E-state index is 14.6. The summed E-state index contributed by atoms with van der Waals surface area (Å²) in [7, 11) is 0.200. The summed E-state index contributed by atoms with van der Waals surface area (Å²) in [4.78, 5) is 0. The van der Waals surface area contributed by atoms with Crippen LogP contribution >= 0.6 is 7.14 Å². The Morgan fingerprint density at radius 1 is 0.571 bits per heavy atom. The van der Waals surface area contributed by atoms with Crippen molar-refractivity contribution >= 4 is 33.8 Å². The minimum Gasteiger partial charge on any atom is -0.497 e. The Hall–Kier alpha value is -3.03. The quantitative estimate of drug-likeness (QED) is 0.473. The van der Waals surface area contributed by atoms with E-state index in [4.69, 9.17) is 9.47 Å². The summed E-state index contributed by atoms with van der Waals surface area (Å²) in [6.07, 6.45) is 0. The van der Waals surface area contributed by atoms with Crippen LogP contribution in [-0.2, 0) is 4.57 Å². The minimum atomic E-state index is -3.05. The van der Waals surface area contributed by atoms with Crippen LogP contribution in [0.4, 0.5) is 0 Å². The lowest BCUT2D eigenvalue weighted by Crippen LogP contribution is -2.25. The molecule has 0 heterocycles. The van der Waals surface area contributed by atoms with E-state index in [9.17, 15) is 4.57 Å². The highest BCUT2D eigenvalue weighted by molar-refractivity contribution is 7.85. The highest BCUT2D eigenvalue weighted by Crippen LogP contribution is 2.43. The van der Waals surface area contributed by atoms with Gasteiger partial charge in [0, 0.05) is 15.9 Å². The van der Waals surface area contributed by atoms with E-state index in [1.54, 1.807) is 14.2 Å². The molecule has 0 atom stereocenters. The van der Waals surface area contributed by atoms with E-state index >= 15 is 0 Å². The highest BCUT2D eigenvalue weighted by atomic mass is 31.2. The molecule has 0 aliphatic rings. The largest absolute Gasteiger partial charge is 0.497 e. The average Bonchev–Trinajstić information content (AvgIpc) is 2.78. The molecule has 0 aliphatic carbocycles. The summed E-state index contributed by atoms with van der Waals surface area (Å²) >= 11 is 0. The summed E-state index contributed by atoms with van der Waals surface area (Å²) in [6, 6.07) is 29.1. The van der Waals surface area contributed by atoms with E-state index in [-0.39, 0.29) is 0 Å². The number of rotatable bonds is 5. The number of methoxy groups -OCH3 is 2. The van der Waals surface area contributed by atoms with E-state index in [1.165, 1.54) is 0 Å². The maximum absolute atomic E-state index is 14.6. The molecule has 4 heteroatoms. The molecule has 0 unspecified atom stereocenters. The van der Waals surface area contributed by atoms with Crippen molar-refractivity contribution in [1.29, 1.82) is 0 Å². The second kappa shape index (κ2) is 7.53. The zero-order valence-corrected chi connectivity index (χ0v) is 16.7. The van der Waals surface area contributed by atoms with Gasteiger partial charge in [0.15, 0.2) is 7.14 Å². The van der Waals surface area contributed by atoms with Gasteiger partial charge in [0.25, 0.3) is 0 Å². The van der Waals surface area contributed by atoms with Crippen molar-refractivity contribution in [3.63, 3.8) is 0 Å². The molecule has 0 radical (unpaired) electrons. The monoisotopic (exact) mass is 388 g/mol. The van der Waals surface area contributed by atoms with E-state index < -0.39 is 7.14 Å². The van der Waals surface area contributed by atoms with E-state index in [0.717, 1.165) is 38.2 Å². The molecular weight excluding hydrogens is 367 g/mol. The normalized spacial score (nSPS) is 11.4. The Morgan fingerprint density at radius 3 is 1.54 bits per heavy atom. The van der Waals surface area contributed by atoms with Crippen molar-refractivity contribution in [2.75, 3.05) is 14.2 Å². The smallest absolute Gasteiger partial charge is 0.171 e. The summed E-state index contributed by atoms with van der Waals surface area (Å²) in [5.41, 5.74) is 0. The predicted molar refractivity (Wildman–Crippen MR) is 116 cm³/mol. The molecule has 4 aromatic carbocycles. The van der Waals surface area contributed by atoms with Crippen LogP contribution in [0.2, 0.25) is 0 Å². The van der Waals surface area contributed by atoms with Crippen LogP contribution in [0.1, 0.15) is 0 Å². The van der Waals surface area contributed by atoms with Gasteiger partial charge >= 0.3 is 0 Å². The first-order valence-corrected chi connectivity index (χ1v) is 10.7. The molecular formula is C24H21O3P. The molecule has 0 spiro atoms. The van der Waals surface area contributed by atoms with Gasteiger partial charge < -0.3 is 14.0 Å². The summed E-state index contributed by atoms with van der Waals surface area (Å²) < 4.78 is 25.1. The van der Waals surface area contributed by atoms with Crippen LogP contribution < -0.4 is 25.4 Å². The molecule has 0 saturated carbocycles. The zero-order chi connectivity index (χ0) is 19.6. The lowest BCUT2D eigenvalue weighted by molar-refractivity contribution is 0.415.